The van der Waals surface area contributed by atoms with E-state index in [0.717, 1.165) is 11.3 Å². The Morgan fingerprint density at radius 2 is 1.89 bits per heavy atom. The molecule has 0 bridgehead atoms. The van der Waals surface area contributed by atoms with Crippen molar-refractivity contribution >= 4 is 0 Å². The number of aliphatic hydroxyl groups excluding tert-OH is 1. The summed E-state index contributed by atoms with van der Waals surface area (Å²) in [5.74, 6) is 1.44. The molecular formula is C14H18N2O2. The molecule has 4 heteroatoms. The van der Waals surface area contributed by atoms with Crippen LogP contribution in [-0.4, -0.2) is 20.8 Å². The number of aromatic nitrogens is 2. The standard InChI is InChI=1S/C14H18N2O2/c1-10(2)18-12-6-4-11(5-7-12)13(17)14-15-8-9-16(14)3/h4-10,13,17H,1-3H3. The fourth-order valence-electron chi connectivity index (χ4n) is 1.79. The molecule has 1 N–H and O–H groups in total. The van der Waals surface area contributed by atoms with Crippen molar-refractivity contribution in [2.45, 2.75) is 26.1 Å². The topological polar surface area (TPSA) is 47.3 Å². The molecule has 1 atom stereocenters. The van der Waals surface area contributed by atoms with Crippen LogP contribution in [0.1, 0.15) is 31.3 Å². The predicted molar refractivity (Wildman–Crippen MR) is 69.5 cm³/mol. The van der Waals surface area contributed by atoms with Crippen molar-refractivity contribution in [2.24, 2.45) is 7.05 Å². The molecule has 0 aliphatic rings. The van der Waals surface area contributed by atoms with E-state index < -0.39 is 6.10 Å². The first-order chi connectivity index (χ1) is 8.58. The van der Waals surface area contributed by atoms with Crippen molar-refractivity contribution in [2.75, 3.05) is 0 Å². The number of nitrogens with zero attached hydrogens (tertiary/aromatic N) is 2. The lowest BCUT2D eigenvalue weighted by atomic mass is 10.1. The van der Waals surface area contributed by atoms with Gasteiger partial charge >= 0.3 is 0 Å². The molecule has 2 aromatic rings. The highest BCUT2D eigenvalue weighted by Crippen LogP contribution is 2.22. The molecule has 0 aliphatic carbocycles. The van der Waals surface area contributed by atoms with Gasteiger partial charge in [-0.3, -0.25) is 0 Å². The van der Waals surface area contributed by atoms with Gasteiger partial charge in [-0.2, -0.15) is 0 Å². The van der Waals surface area contributed by atoms with E-state index in [0.29, 0.717) is 5.82 Å². The number of ether oxygens (including phenoxy) is 1. The van der Waals surface area contributed by atoms with Gasteiger partial charge in [-0.15, -0.1) is 0 Å². The van der Waals surface area contributed by atoms with Crippen molar-refractivity contribution in [1.29, 1.82) is 0 Å². The number of hydrogen-bond donors (Lipinski definition) is 1. The third-order valence-electron chi connectivity index (χ3n) is 2.67. The summed E-state index contributed by atoms with van der Waals surface area (Å²) < 4.78 is 7.37. The molecular weight excluding hydrogens is 228 g/mol. The SMILES string of the molecule is CC(C)Oc1ccc(C(O)c2nccn2C)cc1. The van der Waals surface area contributed by atoms with Gasteiger partial charge in [-0.25, -0.2) is 4.98 Å². The normalized spacial score (nSPS) is 12.7. The molecule has 0 amide bonds. The largest absolute Gasteiger partial charge is 0.491 e. The second kappa shape index (κ2) is 5.23. The lowest BCUT2D eigenvalue weighted by Crippen LogP contribution is -2.08. The zero-order chi connectivity index (χ0) is 13.1. The van der Waals surface area contributed by atoms with Crippen LogP contribution in [0, 0.1) is 0 Å². The Labute approximate surface area is 107 Å². The van der Waals surface area contributed by atoms with Gasteiger partial charge < -0.3 is 14.4 Å². The maximum atomic E-state index is 10.2. The van der Waals surface area contributed by atoms with Crippen LogP contribution in [0.4, 0.5) is 0 Å². The zero-order valence-corrected chi connectivity index (χ0v) is 10.9. The Hall–Kier alpha value is -1.81. The fourth-order valence-corrected chi connectivity index (χ4v) is 1.79. The number of rotatable bonds is 4. The molecule has 2 rings (SSSR count). The summed E-state index contributed by atoms with van der Waals surface area (Å²) in [6.45, 7) is 3.97. The van der Waals surface area contributed by atoms with Crippen molar-refractivity contribution in [3.63, 3.8) is 0 Å². The van der Waals surface area contributed by atoms with Gasteiger partial charge in [0, 0.05) is 19.4 Å². The van der Waals surface area contributed by atoms with E-state index in [2.05, 4.69) is 4.98 Å². The summed E-state index contributed by atoms with van der Waals surface area (Å²) in [5, 5.41) is 10.2. The van der Waals surface area contributed by atoms with Gasteiger partial charge in [0.25, 0.3) is 0 Å². The average molecular weight is 246 g/mol. The first-order valence-electron chi connectivity index (χ1n) is 6.00. The molecule has 4 nitrogen and oxygen atoms in total. The lowest BCUT2D eigenvalue weighted by Gasteiger charge is -2.13. The predicted octanol–water partition coefficient (Wildman–Crippen LogP) is 2.29. The number of aliphatic hydroxyl groups is 1. The van der Waals surface area contributed by atoms with E-state index in [1.54, 1.807) is 6.20 Å². The molecule has 0 saturated carbocycles. The molecule has 1 heterocycles. The first kappa shape index (κ1) is 12.6. The second-order valence-electron chi connectivity index (χ2n) is 4.53. The van der Waals surface area contributed by atoms with Crippen LogP contribution in [0.3, 0.4) is 0 Å². The smallest absolute Gasteiger partial charge is 0.142 e. The van der Waals surface area contributed by atoms with Crippen molar-refractivity contribution in [3.05, 3.63) is 48.0 Å². The first-order valence-corrected chi connectivity index (χ1v) is 6.00. The summed E-state index contributed by atoms with van der Waals surface area (Å²) in [6.07, 6.45) is 2.93. The minimum Gasteiger partial charge on any atom is -0.491 e. The maximum Gasteiger partial charge on any atom is 0.142 e. The molecule has 1 aromatic heterocycles. The van der Waals surface area contributed by atoms with Gasteiger partial charge in [0.15, 0.2) is 0 Å². The summed E-state index contributed by atoms with van der Waals surface area (Å²) in [5.41, 5.74) is 0.806. The quantitative estimate of drug-likeness (QED) is 0.900. The van der Waals surface area contributed by atoms with Crippen molar-refractivity contribution < 1.29 is 9.84 Å². The monoisotopic (exact) mass is 246 g/mol. The Balaban J connectivity index is 2.17. The summed E-state index contributed by atoms with van der Waals surface area (Å²) >= 11 is 0. The van der Waals surface area contributed by atoms with E-state index in [1.807, 2.05) is 55.9 Å². The van der Waals surface area contributed by atoms with Crippen LogP contribution >= 0.6 is 0 Å². The van der Waals surface area contributed by atoms with E-state index in [-0.39, 0.29) is 6.10 Å². The molecule has 18 heavy (non-hydrogen) atoms. The van der Waals surface area contributed by atoms with E-state index in [4.69, 9.17) is 4.74 Å². The fraction of sp³-hybridized carbons (Fsp3) is 0.357. The maximum absolute atomic E-state index is 10.2. The molecule has 0 saturated heterocycles. The van der Waals surface area contributed by atoms with Crippen molar-refractivity contribution in [1.82, 2.24) is 9.55 Å². The van der Waals surface area contributed by atoms with E-state index in [9.17, 15) is 5.11 Å². The molecule has 0 aliphatic heterocycles. The van der Waals surface area contributed by atoms with E-state index >= 15 is 0 Å². The zero-order valence-electron chi connectivity index (χ0n) is 10.9. The Morgan fingerprint density at radius 1 is 1.22 bits per heavy atom. The highest BCUT2D eigenvalue weighted by molar-refractivity contribution is 5.31. The molecule has 96 valence electrons. The minimum atomic E-state index is -0.710. The van der Waals surface area contributed by atoms with Crippen molar-refractivity contribution in [3.8, 4) is 5.75 Å². The van der Waals surface area contributed by atoms with Crippen LogP contribution < -0.4 is 4.74 Å². The molecule has 0 fully saturated rings. The second-order valence-corrected chi connectivity index (χ2v) is 4.53. The summed E-state index contributed by atoms with van der Waals surface area (Å²) in [4.78, 5) is 4.14. The Morgan fingerprint density at radius 3 is 2.39 bits per heavy atom. The van der Waals surface area contributed by atoms with Crippen LogP contribution in [0.25, 0.3) is 0 Å². The van der Waals surface area contributed by atoms with Crippen LogP contribution in [0.15, 0.2) is 36.7 Å². The Kier molecular flexibility index (Phi) is 3.67. The summed E-state index contributed by atoms with van der Waals surface area (Å²) in [6, 6.07) is 7.44. The van der Waals surface area contributed by atoms with Gasteiger partial charge in [0.05, 0.1) is 6.10 Å². The Bertz CT molecular complexity index is 503. The highest BCUT2D eigenvalue weighted by Gasteiger charge is 2.14. The van der Waals surface area contributed by atoms with Gasteiger partial charge in [-0.1, -0.05) is 12.1 Å². The van der Waals surface area contributed by atoms with Gasteiger partial charge in [0.1, 0.15) is 17.7 Å². The number of benzene rings is 1. The highest BCUT2D eigenvalue weighted by atomic mass is 16.5. The number of aryl methyl sites for hydroxylation is 1. The number of imidazole rings is 1. The van der Waals surface area contributed by atoms with Crippen LogP contribution in [-0.2, 0) is 7.05 Å². The minimum absolute atomic E-state index is 0.148. The molecule has 0 radical (unpaired) electrons. The lowest BCUT2D eigenvalue weighted by molar-refractivity contribution is 0.205. The summed E-state index contributed by atoms with van der Waals surface area (Å²) in [7, 11) is 1.86. The third-order valence-corrected chi connectivity index (χ3v) is 2.67. The third kappa shape index (κ3) is 2.71. The average Bonchev–Trinajstić information content (AvgIpc) is 2.75. The molecule has 0 spiro atoms. The molecule has 1 unspecified atom stereocenters. The van der Waals surface area contributed by atoms with E-state index in [1.165, 1.54) is 0 Å². The number of hydrogen-bond acceptors (Lipinski definition) is 3. The van der Waals surface area contributed by atoms with Crippen LogP contribution in [0.2, 0.25) is 0 Å². The van der Waals surface area contributed by atoms with Gasteiger partial charge in [0.2, 0.25) is 0 Å². The van der Waals surface area contributed by atoms with Gasteiger partial charge in [-0.05, 0) is 31.5 Å². The van der Waals surface area contributed by atoms with Crippen LogP contribution in [0.5, 0.6) is 5.75 Å². The molecule has 1 aromatic carbocycles.